The quantitative estimate of drug-likeness (QED) is 0.264. The lowest BCUT2D eigenvalue weighted by molar-refractivity contribution is -0.140. The van der Waals surface area contributed by atoms with E-state index in [9.17, 15) is 9.90 Å². The van der Waals surface area contributed by atoms with Gasteiger partial charge < -0.3 is 23.6 Å². The van der Waals surface area contributed by atoms with Crippen molar-refractivity contribution in [2.75, 3.05) is 19.7 Å². The van der Waals surface area contributed by atoms with Gasteiger partial charge in [0.15, 0.2) is 11.5 Å². The van der Waals surface area contributed by atoms with E-state index in [1.807, 2.05) is 42.5 Å². The molecule has 1 aromatic carbocycles. The average molecular weight is 594 g/mol. The Labute approximate surface area is 255 Å². The Kier molecular flexibility index (Phi) is 7.03. The van der Waals surface area contributed by atoms with Gasteiger partial charge in [-0.2, -0.15) is 0 Å². The summed E-state index contributed by atoms with van der Waals surface area (Å²) in [5.74, 6) is 1.54. The van der Waals surface area contributed by atoms with E-state index in [0.29, 0.717) is 31.4 Å². The third-order valence-electron chi connectivity index (χ3n) is 9.11. The molecule has 0 amide bonds. The SMILES string of the molecule is O=C(O)C1C=Cc2nc(CN3CC=C(c4cccc(OCc5cccc6nc(C7CC7)oc56)n4)CC3)n(C[C@@H]3CCO3)c2C1. The monoisotopic (exact) mass is 593 g/mol. The van der Waals surface area contributed by atoms with E-state index in [1.54, 1.807) is 6.08 Å². The number of benzene rings is 1. The van der Waals surface area contributed by atoms with Crippen molar-refractivity contribution < 1.29 is 23.8 Å². The molecule has 3 aromatic heterocycles. The van der Waals surface area contributed by atoms with Crippen LogP contribution in [-0.2, 0) is 35.6 Å². The molecule has 4 aliphatic rings. The average Bonchev–Trinajstić information content (AvgIpc) is 3.69. The molecule has 5 heterocycles. The van der Waals surface area contributed by atoms with Crippen LogP contribution in [0.5, 0.6) is 5.88 Å². The summed E-state index contributed by atoms with van der Waals surface area (Å²) in [6.07, 6.45) is 10.7. The summed E-state index contributed by atoms with van der Waals surface area (Å²) in [6, 6.07) is 11.9. The number of carbonyl (C=O) groups is 1. The van der Waals surface area contributed by atoms with Crippen LogP contribution in [0.25, 0.3) is 22.7 Å². The molecular weight excluding hydrogens is 558 g/mol. The summed E-state index contributed by atoms with van der Waals surface area (Å²) in [7, 11) is 0. The van der Waals surface area contributed by atoms with Crippen molar-refractivity contribution >= 4 is 28.7 Å². The molecule has 8 rings (SSSR count). The van der Waals surface area contributed by atoms with Gasteiger partial charge >= 0.3 is 5.97 Å². The Balaban J connectivity index is 0.940. The van der Waals surface area contributed by atoms with E-state index in [2.05, 4.69) is 20.5 Å². The number of imidazole rings is 1. The van der Waals surface area contributed by atoms with Gasteiger partial charge in [-0.1, -0.05) is 30.4 Å². The highest BCUT2D eigenvalue weighted by molar-refractivity contribution is 5.77. The van der Waals surface area contributed by atoms with Crippen LogP contribution < -0.4 is 4.74 Å². The summed E-state index contributed by atoms with van der Waals surface area (Å²) in [5, 5.41) is 9.60. The van der Waals surface area contributed by atoms with Crippen molar-refractivity contribution in [3.8, 4) is 5.88 Å². The second kappa shape index (κ2) is 11.3. The second-order valence-corrected chi connectivity index (χ2v) is 12.2. The number of pyridine rings is 1. The van der Waals surface area contributed by atoms with Gasteiger partial charge in [0, 0.05) is 49.4 Å². The summed E-state index contributed by atoms with van der Waals surface area (Å²) < 4.78 is 20.2. The van der Waals surface area contributed by atoms with E-state index in [0.717, 1.165) is 97.4 Å². The number of carboxylic acids is 1. The Morgan fingerprint density at radius 1 is 1.09 bits per heavy atom. The Morgan fingerprint density at radius 3 is 2.75 bits per heavy atom. The van der Waals surface area contributed by atoms with Gasteiger partial charge in [-0.05, 0) is 49.5 Å². The largest absolute Gasteiger partial charge is 0.481 e. The highest BCUT2D eigenvalue weighted by atomic mass is 16.5. The number of rotatable bonds is 10. The number of aliphatic carboxylic acids is 1. The van der Waals surface area contributed by atoms with Crippen molar-refractivity contribution in [3.05, 3.63) is 82.9 Å². The van der Waals surface area contributed by atoms with Gasteiger partial charge in [0.05, 0.1) is 36.5 Å². The lowest BCUT2D eigenvalue weighted by Gasteiger charge is -2.30. The van der Waals surface area contributed by atoms with Crippen LogP contribution >= 0.6 is 0 Å². The van der Waals surface area contributed by atoms with Gasteiger partial charge in [-0.3, -0.25) is 9.69 Å². The zero-order chi connectivity index (χ0) is 29.6. The predicted octanol–water partition coefficient (Wildman–Crippen LogP) is 5.22. The normalized spacial score (nSPS) is 21.6. The molecule has 10 heteroatoms. The topological polar surface area (TPSA) is 116 Å². The molecule has 1 saturated heterocycles. The first-order chi connectivity index (χ1) is 21.6. The summed E-state index contributed by atoms with van der Waals surface area (Å²) in [5.41, 5.74) is 6.68. The molecule has 44 heavy (non-hydrogen) atoms. The summed E-state index contributed by atoms with van der Waals surface area (Å²) in [6.45, 7) is 4.22. The fourth-order valence-electron chi connectivity index (χ4n) is 6.28. The van der Waals surface area contributed by atoms with Crippen molar-refractivity contribution in [1.82, 2.24) is 24.4 Å². The van der Waals surface area contributed by atoms with E-state index >= 15 is 0 Å². The maximum Gasteiger partial charge on any atom is 0.310 e. The smallest absolute Gasteiger partial charge is 0.310 e. The Morgan fingerprint density at radius 2 is 1.98 bits per heavy atom. The van der Waals surface area contributed by atoms with Gasteiger partial charge in [0.2, 0.25) is 5.88 Å². The highest BCUT2D eigenvalue weighted by Crippen LogP contribution is 2.41. The van der Waals surface area contributed by atoms with E-state index in [1.165, 1.54) is 5.57 Å². The van der Waals surface area contributed by atoms with E-state index < -0.39 is 11.9 Å². The molecule has 0 bridgehead atoms. The molecule has 2 aliphatic carbocycles. The number of hydrogen-bond acceptors (Lipinski definition) is 8. The molecule has 2 atom stereocenters. The first-order valence-corrected chi connectivity index (χ1v) is 15.6. The van der Waals surface area contributed by atoms with Crippen LogP contribution in [-0.4, -0.2) is 61.3 Å². The number of ether oxygens (including phenoxy) is 2. The number of para-hydroxylation sites is 1. The molecule has 1 saturated carbocycles. The van der Waals surface area contributed by atoms with E-state index in [-0.39, 0.29) is 6.10 Å². The number of aromatic nitrogens is 4. The summed E-state index contributed by atoms with van der Waals surface area (Å²) >= 11 is 0. The fraction of sp³-hybridized carbons (Fsp3) is 0.412. The minimum atomic E-state index is -0.799. The Bertz CT molecular complexity index is 1780. The highest BCUT2D eigenvalue weighted by Gasteiger charge is 2.30. The van der Waals surface area contributed by atoms with Crippen molar-refractivity contribution in [2.45, 2.75) is 63.8 Å². The molecule has 1 unspecified atom stereocenters. The molecule has 226 valence electrons. The maximum atomic E-state index is 11.7. The van der Waals surface area contributed by atoms with Gasteiger partial charge in [-0.15, -0.1) is 0 Å². The van der Waals surface area contributed by atoms with Crippen molar-refractivity contribution in [3.63, 3.8) is 0 Å². The molecule has 1 N–H and O–H groups in total. The van der Waals surface area contributed by atoms with Crippen molar-refractivity contribution in [2.24, 2.45) is 5.92 Å². The number of oxazole rings is 1. The van der Waals surface area contributed by atoms with Crippen LogP contribution in [0.4, 0.5) is 0 Å². The van der Waals surface area contributed by atoms with Crippen LogP contribution in [0.1, 0.15) is 66.0 Å². The standard InChI is InChI=1S/C34H35N5O5/c40-34(41)23-9-10-27-29(17-23)39(18-25-13-16-42-25)30(35-27)19-38-14-11-21(12-15-38)26-4-2-6-31(36-26)43-20-24-3-1-5-28-32(24)44-33(37-28)22-7-8-22/h1-6,9-11,22-23,25H,7-8,12-20H2,(H,40,41)/t23?,25-/m0/s1. The third kappa shape index (κ3) is 5.44. The van der Waals surface area contributed by atoms with Crippen LogP contribution in [0.2, 0.25) is 0 Å². The lowest BCUT2D eigenvalue weighted by Crippen LogP contribution is -2.34. The minimum absolute atomic E-state index is 0.165. The number of nitrogens with zero attached hydrogens (tertiary/aromatic N) is 5. The number of fused-ring (bicyclic) bond motifs is 2. The van der Waals surface area contributed by atoms with Crippen LogP contribution in [0.3, 0.4) is 0 Å². The molecule has 0 spiro atoms. The molecule has 10 nitrogen and oxygen atoms in total. The van der Waals surface area contributed by atoms with Crippen molar-refractivity contribution in [1.29, 1.82) is 0 Å². The molecule has 2 fully saturated rings. The minimum Gasteiger partial charge on any atom is -0.481 e. The lowest BCUT2D eigenvalue weighted by atomic mass is 9.96. The van der Waals surface area contributed by atoms with Gasteiger partial charge in [-0.25, -0.2) is 15.0 Å². The predicted molar refractivity (Wildman–Crippen MR) is 163 cm³/mol. The number of carboxylic acid groups (broad SMARTS) is 1. The summed E-state index contributed by atoms with van der Waals surface area (Å²) in [4.78, 5) is 28.5. The van der Waals surface area contributed by atoms with Gasteiger partial charge in [0.25, 0.3) is 0 Å². The molecule has 2 aliphatic heterocycles. The number of hydrogen-bond donors (Lipinski definition) is 1. The Hall–Kier alpha value is -4.28. The first-order valence-electron chi connectivity index (χ1n) is 15.6. The van der Waals surface area contributed by atoms with E-state index in [4.69, 9.17) is 23.9 Å². The zero-order valence-corrected chi connectivity index (χ0v) is 24.5. The second-order valence-electron chi connectivity index (χ2n) is 12.2. The molecule has 4 aromatic rings. The third-order valence-corrected chi connectivity index (χ3v) is 9.11. The van der Waals surface area contributed by atoms with Gasteiger partial charge in [0.1, 0.15) is 17.9 Å². The maximum absolute atomic E-state index is 11.7. The molecule has 0 radical (unpaired) electrons. The van der Waals surface area contributed by atoms with Crippen LogP contribution in [0, 0.1) is 5.92 Å². The fourth-order valence-corrected chi connectivity index (χ4v) is 6.28. The van der Waals surface area contributed by atoms with Crippen LogP contribution in [0.15, 0.2) is 53.0 Å². The first kappa shape index (κ1) is 27.3. The zero-order valence-electron chi connectivity index (χ0n) is 24.5. The molecular formula is C34H35N5O5.